The highest BCUT2D eigenvalue weighted by Gasteiger charge is 2.32. The molecule has 0 spiro atoms. The van der Waals surface area contributed by atoms with Crippen LogP contribution in [0.3, 0.4) is 0 Å². The van der Waals surface area contributed by atoms with Gasteiger partial charge in [0.25, 0.3) is 0 Å². The number of rotatable bonds is 8. The first-order valence-electron chi connectivity index (χ1n) is 10.6. The van der Waals surface area contributed by atoms with Crippen molar-refractivity contribution in [3.05, 3.63) is 81.9 Å². The van der Waals surface area contributed by atoms with Crippen LogP contribution in [0.15, 0.2) is 48.6 Å². The van der Waals surface area contributed by atoms with Gasteiger partial charge in [0, 0.05) is 5.57 Å². The van der Waals surface area contributed by atoms with Crippen molar-refractivity contribution in [3.63, 3.8) is 0 Å². The summed E-state index contributed by atoms with van der Waals surface area (Å²) in [5.74, 6) is -6.15. The van der Waals surface area contributed by atoms with Gasteiger partial charge in [0.15, 0.2) is 6.10 Å². The molecule has 2 aliphatic heterocycles. The Hall–Kier alpha value is -5.13. The van der Waals surface area contributed by atoms with Crippen LogP contribution in [0.4, 0.5) is 0 Å². The second kappa shape index (κ2) is 9.85. The Morgan fingerprint density at radius 3 is 1.54 bits per heavy atom. The predicted octanol–water partition coefficient (Wildman–Crippen LogP) is 1.81. The fourth-order valence-corrected chi connectivity index (χ4v) is 3.30. The number of hydrogen-bond donors (Lipinski definition) is 0. The predicted molar refractivity (Wildman–Crippen MR) is 118 cm³/mol. The molecule has 0 aliphatic carbocycles. The van der Waals surface area contributed by atoms with E-state index in [1.807, 2.05) is 0 Å². The number of fused-ring (bicyclic) bond motifs is 2. The summed E-state index contributed by atoms with van der Waals surface area (Å²) in [6.07, 6.45) is -1.25. The Morgan fingerprint density at radius 1 is 0.730 bits per heavy atom. The average Bonchev–Trinajstić information content (AvgIpc) is 3.32. The topological polar surface area (TPSA) is 166 Å². The van der Waals surface area contributed by atoms with Gasteiger partial charge in [-0.25, -0.2) is 33.6 Å². The van der Waals surface area contributed by atoms with E-state index < -0.39 is 61.1 Å². The molecule has 2 heterocycles. The number of cyclic esters (lactones) is 4. The van der Waals surface area contributed by atoms with Crippen molar-refractivity contribution in [2.24, 2.45) is 0 Å². The van der Waals surface area contributed by atoms with Crippen LogP contribution < -0.4 is 0 Å². The van der Waals surface area contributed by atoms with E-state index in [0.717, 1.165) is 12.1 Å². The minimum absolute atomic E-state index is 0.00547. The molecule has 12 heteroatoms. The maximum absolute atomic E-state index is 12.5. The zero-order valence-electron chi connectivity index (χ0n) is 19.1. The van der Waals surface area contributed by atoms with Crippen molar-refractivity contribution in [2.75, 3.05) is 13.2 Å². The van der Waals surface area contributed by atoms with Gasteiger partial charge >= 0.3 is 41.8 Å². The van der Waals surface area contributed by atoms with Gasteiger partial charge in [0.2, 0.25) is 0 Å². The highest BCUT2D eigenvalue weighted by atomic mass is 16.6. The molecular weight excluding hydrogens is 492 g/mol. The second-order valence-electron chi connectivity index (χ2n) is 7.88. The number of esters is 7. The molecule has 0 fully saturated rings. The lowest BCUT2D eigenvalue weighted by molar-refractivity contribution is -0.148. The second-order valence-corrected chi connectivity index (χ2v) is 7.88. The molecule has 12 nitrogen and oxygen atoms in total. The van der Waals surface area contributed by atoms with Gasteiger partial charge in [0.05, 0.1) is 33.4 Å². The number of ether oxygens (including phenoxy) is 5. The molecule has 0 atom stereocenters. The molecule has 0 radical (unpaired) electrons. The van der Waals surface area contributed by atoms with Gasteiger partial charge < -0.3 is 23.7 Å². The van der Waals surface area contributed by atoms with E-state index in [9.17, 15) is 33.6 Å². The first kappa shape index (κ1) is 25.0. The summed E-state index contributed by atoms with van der Waals surface area (Å²) >= 11 is 0. The average molecular weight is 508 g/mol. The van der Waals surface area contributed by atoms with E-state index in [-0.39, 0.29) is 39.0 Å². The van der Waals surface area contributed by atoms with Gasteiger partial charge in [-0.05, 0) is 43.3 Å². The van der Waals surface area contributed by atoms with Crippen molar-refractivity contribution in [1.82, 2.24) is 0 Å². The largest absolute Gasteiger partial charge is 0.458 e. The fraction of sp³-hybridized carbons (Fsp3) is 0.160. The molecule has 0 N–H and O–H groups in total. The lowest BCUT2D eigenvalue weighted by atomic mass is 10.1. The molecular formula is C25H16O12. The number of carbonyl (C=O) groups excluding carboxylic acids is 7. The third-order valence-corrected chi connectivity index (χ3v) is 5.18. The minimum atomic E-state index is -1.25. The molecule has 2 aliphatic rings. The molecule has 0 amide bonds. The third-order valence-electron chi connectivity index (χ3n) is 5.18. The highest BCUT2D eigenvalue weighted by molar-refractivity contribution is 6.16. The molecule has 4 rings (SSSR count). The van der Waals surface area contributed by atoms with E-state index in [4.69, 9.17) is 14.2 Å². The van der Waals surface area contributed by atoms with Crippen LogP contribution in [0, 0.1) is 0 Å². The first-order valence-corrected chi connectivity index (χ1v) is 10.6. The molecule has 2 aromatic rings. The van der Waals surface area contributed by atoms with Crippen LogP contribution in [0.5, 0.6) is 0 Å². The molecule has 37 heavy (non-hydrogen) atoms. The monoisotopic (exact) mass is 508 g/mol. The summed E-state index contributed by atoms with van der Waals surface area (Å²) in [5, 5.41) is 0. The maximum Gasteiger partial charge on any atom is 0.346 e. The molecule has 0 saturated heterocycles. The standard InChI is InChI=1S/C25H16O12/c1-11(2)19(26)35-14(9-33-20(27)12-3-5-15-17(7-12)24(31)36-22(15)29)10-34-21(28)13-4-6-16-18(8-13)25(32)37-23(16)30/h3-8,14H,1,9-10H2,2H3. The molecule has 0 bridgehead atoms. The van der Waals surface area contributed by atoms with Crippen molar-refractivity contribution >= 4 is 41.8 Å². The lowest BCUT2D eigenvalue weighted by Gasteiger charge is -2.18. The molecule has 2 aromatic carbocycles. The van der Waals surface area contributed by atoms with Crippen LogP contribution >= 0.6 is 0 Å². The summed E-state index contributed by atoms with van der Waals surface area (Å²) in [7, 11) is 0. The lowest BCUT2D eigenvalue weighted by Crippen LogP contribution is -2.31. The van der Waals surface area contributed by atoms with E-state index in [1.54, 1.807) is 0 Å². The van der Waals surface area contributed by atoms with Crippen molar-refractivity contribution < 1.29 is 57.2 Å². The van der Waals surface area contributed by atoms with E-state index in [1.165, 1.54) is 31.2 Å². The van der Waals surface area contributed by atoms with Crippen LogP contribution in [-0.4, -0.2) is 61.1 Å². The van der Waals surface area contributed by atoms with Gasteiger partial charge in [-0.3, -0.25) is 0 Å². The molecule has 0 saturated carbocycles. The van der Waals surface area contributed by atoms with Gasteiger partial charge in [0.1, 0.15) is 13.2 Å². The fourth-order valence-electron chi connectivity index (χ4n) is 3.30. The van der Waals surface area contributed by atoms with Gasteiger partial charge in [-0.1, -0.05) is 6.58 Å². The normalized spacial score (nSPS) is 13.5. The van der Waals surface area contributed by atoms with E-state index in [0.29, 0.717) is 0 Å². The third kappa shape index (κ3) is 5.12. The Kier molecular flexibility index (Phi) is 6.65. The zero-order valence-corrected chi connectivity index (χ0v) is 19.1. The van der Waals surface area contributed by atoms with Crippen molar-refractivity contribution in [3.8, 4) is 0 Å². The Labute approximate surface area is 207 Å². The van der Waals surface area contributed by atoms with Crippen molar-refractivity contribution in [2.45, 2.75) is 13.0 Å². The molecule has 0 unspecified atom stereocenters. The number of carbonyl (C=O) groups is 7. The highest BCUT2D eigenvalue weighted by Crippen LogP contribution is 2.23. The zero-order chi connectivity index (χ0) is 26.9. The van der Waals surface area contributed by atoms with Crippen LogP contribution in [0.25, 0.3) is 0 Å². The summed E-state index contributed by atoms with van der Waals surface area (Å²) in [5.41, 5.74) is -0.306. The maximum atomic E-state index is 12.5. The minimum Gasteiger partial charge on any atom is -0.458 e. The SMILES string of the molecule is C=C(C)C(=O)OC(COC(=O)c1ccc2c(c1)C(=O)OC2=O)COC(=O)c1ccc2c(c1)C(=O)OC2=O. The Bertz CT molecular complexity index is 1320. The number of hydrogen-bond acceptors (Lipinski definition) is 12. The van der Waals surface area contributed by atoms with Crippen molar-refractivity contribution in [1.29, 1.82) is 0 Å². The Morgan fingerprint density at radius 2 is 1.14 bits per heavy atom. The summed E-state index contributed by atoms with van der Waals surface area (Å²) in [6.45, 7) is 3.75. The quantitative estimate of drug-likeness (QED) is 0.220. The summed E-state index contributed by atoms with van der Waals surface area (Å²) in [6, 6.07) is 7.23. The van der Waals surface area contributed by atoms with Crippen LogP contribution in [-0.2, 0) is 28.5 Å². The summed E-state index contributed by atoms with van der Waals surface area (Å²) in [4.78, 5) is 83.5. The van der Waals surface area contributed by atoms with E-state index in [2.05, 4.69) is 16.1 Å². The van der Waals surface area contributed by atoms with Crippen LogP contribution in [0.1, 0.15) is 69.1 Å². The van der Waals surface area contributed by atoms with Gasteiger partial charge in [-0.2, -0.15) is 0 Å². The molecule has 0 aromatic heterocycles. The smallest absolute Gasteiger partial charge is 0.346 e. The van der Waals surface area contributed by atoms with E-state index >= 15 is 0 Å². The molecule has 188 valence electrons. The Balaban J connectivity index is 1.42. The number of benzene rings is 2. The van der Waals surface area contributed by atoms with Crippen LogP contribution in [0.2, 0.25) is 0 Å². The van der Waals surface area contributed by atoms with Gasteiger partial charge in [-0.15, -0.1) is 0 Å². The summed E-state index contributed by atoms with van der Waals surface area (Å²) < 4.78 is 24.4. The first-order chi connectivity index (χ1) is 17.5.